The average molecular weight is 325 g/mol. The first-order valence-corrected chi connectivity index (χ1v) is 9.07. The number of rotatable bonds is 7. The van der Waals surface area contributed by atoms with E-state index in [4.69, 9.17) is 0 Å². The van der Waals surface area contributed by atoms with Gasteiger partial charge in [-0.15, -0.1) is 11.3 Å². The quantitative estimate of drug-likeness (QED) is 0.816. The maximum atomic E-state index is 12.2. The first-order chi connectivity index (χ1) is 10.1. The van der Waals surface area contributed by atoms with Gasteiger partial charge in [0.2, 0.25) is 0 Å². The van der Waals surface area contributed by atoms with E-state index in [9.17, 15) is 8.42 Å². The number of sulfonamides is 1. The van der Waals surface area contributed by atoms with Crippen molar-refractivity contribution in [1.82, 2.24) is 15.0 Å². The third-order valence-corrected chi connectivity index (χ3v) is 5.37. The summed E-state index contributed by atoms with van der Waals surface area (Å²) in [5, 5.41) is 5.03. The van der Waals surface area contributed by atoms with Crippen LogP contribution in [-0.4, -0.2) is 20.4 Å². The van der Waals surface area contributed by atoms with E-state index in [-0.39, 0.29) is 5.03 Å². The first-order valence-electron chi connectivity index (χ1n) is 6.71. The number of pyridine rings is 1. The van der Waals surface area contributed by atoms with Crippen LogP contribution in [0.5, 0.6) is 0 Å². The summed E-state index contributed by atoms with van der Waals surface area (Å²) in [7, 11) is -1.74. The van der Waals surface area contributed by atoms with Crippen LogP contribution < -0.4 is 10.0 Å². The van der Waals surface area contributed by atoms with Gasteiger partial charge in [-0.3, -0.25) is 0 Å². The van der Waals surface area contributed by atoms with Gasteiger partial charge in [0.15, 0.2) is 5.03 Å². The van der Waals surface area contributed by atoms with Crippen LogP contribution in [0.3, 0.4) is 0 Å². The summed E-state index contributed by atoms with van der Waals surface area (Å²) in [5.41, 5.74) is 2.13. The van der Waals surface area contributed by atoms with Crippen LogP contribution in [0.2, 0.25) is 0 Å². The minimum Gasteiger partial charge on any atom is -0.316 e. The molecule has 2 aromatic rings. The number of hydrogen-bond donors (Lipinski definition) is 2. The smallest absolute Gasteiger partial charge is 0.258 e. The van der Waals surface area contributed by atoms with Crippen molar-refractivity contribution < 1.29 is 8.42 Å². The Hall–Kier alpha value is -1.28. The van der Waals surface area contributed by atoms with Crippen molar-refractivity contribution in [2.24, 2.45) is 0 Å². The van der Waals surface area contributed by atoms with E-state index in [1.807, 2.05) is 18.5 Å². The van der Waals surface area contributed by atoms with E-state index in [0.717, 1.165) is 16.9 Å². The number of nitrogens with one attached hydrogen (secondary N) is 2. The van der Waals surface area contributed by atoms with Crippen LogP contribution in [-0.2, 0) is 29.5 Å². The van der Waals surface area contributed by atoms with Crippen molar-refractivity contribution in [2.75, 3.05) is 7.05 Å². The molecule has 0 saturated carbocycles. The van der Waals surface area contributed by atoms with E-state index in [2.05, 4.69) is 21.9 Å². The molecular formula is C14H19N3O2S2. The molecule has 0 aliphatic heterocycles. The van der Waals surface area contributed by atoms with Crippen molar-refractivity contribution in [1.29, 1.82) is 0 Å². The fourth-order valence-corrected chi connectivity index (χ4v) is 3.88. The van der Waals surface area contributed by atoms with Crippen molar-refractivity contribution in [3.8, 4) is 0 Å². The molecule has 114 valence electrons. The van der Waals surface area contributed by atoms with Gasteiger partial charge in [0.1, 0.15) is 0 Å². The normalized spacial score (nSPS) is 11.7. The zero-order valence-electron chi connectivity index (χ0n) is 12.1. The van der Waals surface area contributed by atoms with Crippen molar-refractivity contribution in [3.63, 3.8) is 0 Å². The summed E-state index contributed by atoms with van der Waals surface area (Å²) in [6, 6.07) is 5.32. The molecule has 0 bridgehead atoms. The summed E-state index contributed by atoms with van der Waals surface area (Å²) < 4.78 is 27.0. The van der Waals surface area contributed by atoms with Crippen LogP contribution in [0.15, 0.2) is 34.8 Å². The van der Waals surface area contributed by atoms with Gasteiger partial charge in [0.25, 0.3) is 10.0 Å². The highest BCUT2D eigenvalue weighted by molar-refractivity contribution is 7.89. The second-order valence-corrected chi connectivity index (χ2v) is 7.30. The lowest BCUT2D eigenvalue weighted by molar-refractivity contribution is 0.577. The maximum Gasteiger partial charge on any atom is 0.258 e. The Morgan fingerprint density at radius 3 is 2.67 bits per heavy atom. The minimum absolute atomic E-state index is 0.0527. The third kappa shape index (κ3) is 4.10. The van der Waals surface area contributed by atoms with Crippen molar-refractivity contribution in [3.05, 3.63) is 45.8 Å². The van der Waals surface area contributed by atoms with Gasteiger partial charge >= 0.3 is 0 Å². The number of nitrogens with zero attached hydrogens (tertiary/aromatic N) is 1. The Labute approximate surface area is 129 Å². The highest BCUT2D eigenvalue weighted by atomic mass is 32.2. The van der Waals surface area contributed by atoms with E-state index in [1.54, 1.807) is 23.6 Å². The molecular weight excluding hydrogens is 306 g/mol. The molecule has 0 saturated heterocycles. The van der Waals surface area contributed by atoms with Gasteiger partial charge in [-0.25, -0.2) is 18.1 Å². The molecule has 0 aromatic carbocycles. The van der Waals surface area contributed by atoms with E-state index >= 15 is 0 Å². The third-order valence-electron chi connectivity index (χ3n) is 3.10. The molecule has 2 heterocycles. The summed E-state index contributed by atoms with van der Waals surface area (Å²) in [6.07, 6.45) is 2.48. The lowest BCUT2D eigenvalue weighted by Gasteiger charge is -2.07. The molecule has 2 N–H and O–H groups in total. The summed E-state index contributed by atoms with van der Waals surface area (Å²) >= 11 is 1.56. The molecule has 0 radical (unpaired) electrons. The molecule has 21 heavy (non-hydrogen) atoms. The van der Waals surface area contributed by atoms with Crippen molar-refractivity contribution >= 4 is 21.4 Å². The van der Waals surface area contributed by atoms with Crippen molar-refractivity contribution in [2.45, 2.75) is 31.5 Å². The molecule has 0 unspecified atom stereocenters. The fourth-order valence-electron chi connectivity index (χ4n) is 1.95. The molecule has 7 heteroatoms. The van der Waals surface area contributed by atoms with Crippen LogP contribution in [0.25, 0.3) is 0 Å². The Bertz CT molecular complexity index is 678. The minimum atomic E-state index is -3.57. The molecule has 0 amide bonds. The first kappa shape index (κ1) is 16.1. The molecule has 0 spiro atoms. The average Bonchev–Trinajstić information content (AvgIpc) is 2.94. The number of thiophene rings is 1. The predicted octanol–water partition coefficient (Wildman–Crippen LogP) is 1.90. The topological polar surface area (TPSA) is 71.1 Å². The zero-order valence-corrected chi connectivity index (χ0v) is 13.7. The van der Waals surface area contributed by atoms with Crippen LogP contribution in [0.4, 0.5) is 0 Å². The second-order valence-electron chi connectivity index (χ2n) is 4.58. The molecule has 0 aliphatic rings. The maximum absolute atomic E-state index is 12.2. The van der Waals surface area contributed by atoms with E-state index in [0.29, 0.717) is 13.1 Å². The Morgan fingerprint density at radius 2 is 2.05 bits per heavy atom. The van der Waals surface area contributed by atoms with Crippen LogP contribution in [0.1, 0.15) is 22.9 Å². The fraction of sp³-hybridized carbons (Fsp3) is 0.357. The number of aryl methyl sites for hydroxylation is 1. The highest BCUT2D eigenvalue weighted by Crippen LogP contribution is 2.18. The number of hydrogen-bond acceptors (Lipinski definition) is 5. The largest absolute Gasteiger partial charge is 0.316 e. The Balaban J connectivity index is 2.07. The predicted molar refractivity (Wildman–Crippen MR) is 84.7 cm³/mol. The lowest BCUT2D eigenvalue weighted by Crippen LogP contribution is -2.24. The van der Waals surface area contributed by atoms with Gasteiger partial charge in [-0.05, 0) is 42.1 Å². The summed E-state index contributed by atoms with van der Waals surface area (Å²) in [4.78, 5) is 5.07. The highest BCUT2D eigenvalue weighted by Gasteiger charge is 2.16. The van der Waals surface area contributed by atoms with Gasteiger partial charge in [0.05, 0.1) is 0 Å². The molecule has 0 aliphatic carbocycles. The van der Waals surface area contributed by atoms with Gasteiger partial charge < -0.3 is 5.32 Å². The van der Waals surface area contributed by atoms with Gasteiger partial charge in [-0.1, -0.05) is 13.0 Å². The lowest BCUT2D eigenvalue weighted by atomic mass is 10.2. The Kier molecular flexibility index (Phi) is 5.46. The van der Waals surface area contributed by atoms with Gasteiger partial charge in [0, 0.05) is 24.2 Å². The van der Waals surface area contributed by atoms with E-state index in [1.165, 1.54) is 11.6 Å². The summed E-state index contributed by atoms with van der Waals surface area (Å²) in [5.74, 6) is 0. The van der Waals surface area contributed by atoms with Crippen LogP contribution >= 0.6 is 11.3 Å². The van der Waals surface area contributed by atoms with Crippen LogP contribution in [0, 0.1) is 0 Å². The molecule has 0 atom stereocenters. The Morgan fingerprint density at radius 1 is 1.24 bits per heavy atom. The second kappa shape index (κ2) is 7.13. The molecule has 5 nitrogen and oxygen atoms in total. The standard InChI is InChI=1S/C14H19N3O2S2/c1-3-12-6-7-20-13(12)10-17-21(18,19)14-5-4-11(8-15-2)9-16-14/h4-7,9,15,17H,3,8,10H2,1-2H3. The SMILES string of the molecule is CCc1ccsc1CNS(=O)(=O)c1ccc(CNC)cn1. The summed E-state index contributed by atoms with van der Waals surface area (Å²) in [6.45, 7) is 3.03. The van der Waals surface area contributed by atoms with E-state index < -0.39 is 10.0 Å². The monoisotopic (exact) mass is 325 g/mol. The zero-order chi connectivity index (χ0) is 15.3. The molecule has 0 fully saturated rings. The molecule has 2 rings (SSSR count). The molecule has 2 aromatic heterocycles. The number of aromatic nitrogens is 1. The van der Waals surface area contributed by atoms with Gasteiger partial charge in [-0.2, -0.15) is 0 Å².